The number of esters is 2. The molecule has 334 valence electrons. The van der Waals surface area contributed by atoms with Crippen molar-refractivity contribution >= 4 is 11.9 Å². The Hall–Kier alpha value is -1.22. The Morgan fingerprint density at radius 1 is 0.429 bits per heavy atom. The number of rotatable bonds is 44. The van der Waals surface area contributed by atoms with Gasteiger partial charge < -0.3 is 24.8 Å². The maximum absolute atomic E-state index is 13.0. The van der Waals surface area contributed by atoms with Crippen LogP contribution in [0.4, 0.5) is 0 Å². The molecule has 4 atom stereocenters. The van der Waals surface area contributed by atoms with Crippen LogP contribution in [0.5, 0.6) is 0 Å². The molecule has 0 aromatic carbocycles. The minimum atomic E-state index is -0.531. The molecule has 0 heterocycles. The predicted molar refractivity (Wildman–Crippen MR) is 235 cm³/mol. The van der Waals surface area contributed by atoms with Crippen LogP contribution in [0, 0.1) is 11.8 Å². The van der Waals surface area contributed by atoms with Crippen LogP contribution in [0.15, 0.2) is 0 Å². The zero-order chi connectivity index (χ0) is 41.3. The predicted octanol–water partition coefficient (Wildman–Crippen LogP) is 11.9. The fraction of sp³-hybridized carbons (Fsp3) is 0.958. The van der Waals surface area contributed by atoms with Gasteiger partial charge in [0.1, 0.15) is 0 Å². The van der Waals surface area contributed by atoms with Crippen molar-refractivity contribution in [3.63, 3.8) is 0 Å². The van der Waals surface area contributed by atoms with Crippen LogP contribution in [0.2, 0.25) is 0 Å². The summed E-state index contributed by atoms with van der Waals surface area (Å²) >= 11 is 0. The standard InChI is InChI=1S/C48H95NO7/c1-5-9-13-17-19-23-33-43(31-21-15-11-7-3)47(53)55-39-29-25-35-45(51)41-49(37-27-28-38-50)42-46(52)36-26-30-40-56-48(54)44(32-22-16-12-8-4)34-24-20-18-14-10-6-2/h43-46,50-52H,5-42H2,1-4H3/t43?,44?,45-,46+. The molecule has 8 heteroatoms. The van der Waals surface area contributed by atoms with Crippen molar-refractivity contribution in [1.29, 1.82) is 0 Å². The van der Waals surface area contributed by atoms with Gasteiger partial charge >= 0.3 is 11.9 Å². The first-order chi connectivity index (χ1) is 27.3. The van der Waals surface area contributed by atoms with Gasteiger partial charge in [-0.3, -0.25) is 14.5 Å². The second-order valence-corrected chi connectivity index (χ2v) is 17.0. The number of hydrogen-bond donors (Lipinski definition) is 3. The summed E-state index contributed by atoms with van der Waals surface area (Å²) in [5, 5.41) is 31.1. The van der Waals surface area contributed by atoms with Gasteiger partial charge in [0.05, 0.1) is 37.3 Å². The smallest absolute Gasteiger partial charge is 0.308 e. The molecule has 0 aliphatic heterocycles. The number of aliphatic hydroxyl groups excluding tert-OH is 3. The summed E-state index contributed by atoms with van der Waals surface area (Å²) in [4.78, 5) is 28.1. The Balaban J connectivity index is 4.61. The van der Waals surface area contributed by atoms with E-state index in [9.17, 15) is 24.9 Å². The largest absolute Gasteiger partial charge is 0.465 e. The number of carbonyl (C=O) groups is 2. The molecule has 0 aromatic heterocycles. The molecule has 0 amide bonds. The molecular formula is C48H95NO7. The van der Waals surface area contributed by atoms with Crippen LogP contribution < -0.4 is 0 Å². The summed E-state index contributed by atoms with van der Waals surface area (Å²) in [5.41, 5.74) is 0. The molecule has 0 aliphatic carbocycles. The van der Waals surface area contributed by atoms with E-state index in [0.717, 1.165) is 83.5 Å². The first-order valence-corrected chi connectivity index (χ1v) is 24.3. The van der Waals surface area contributed by atoms with Crippen molar-refractivity contribution in [1.82, 2.24) is 4.90 Å². The molecule has 0 bridgehead atoms. The van der Waals surface area contributed by atoms with E-state index in [1.165, 1.54) is 103 Å². The molecule has 56 heavy (non-hydrogen) atoms. The highest BCUT2D eigenvalue weighted by molar-refractivity contribution is 5.72. The van der Waals surface area contributed by atoms with E-state index < -0.39 is 12.2 Å². The first-order valence-electron chi connectivity index (χ1n) is 24.3. The minimum Gasteiger partial charge on any atom is -0.465 e. The highest BCUT2D eigenvalue weighted by Gasteiger charge is 2.21. The van der Waals surface area contributed by atoms with Gasteiger partial charge in [0.15, 0.2) is 0 Å². The summed E-state index contributed by atoms with van der Waals surface area (Å²) in [6.45, 7) is 11.5. The average Bonchev–Trinajstić information content (AvgIpc) is 3.18. The Morgan fingerprint density at radius 3 is 1.11 bits per heavy atom. The molecular weight excluding hydrogens is 703 g/mol. The van der Waals surface area contributed by atoms with E-state index in [0.29, 0.717) is 52.1 Å². The molecule has 2 unspecified atom stereocenters. The summed E-state index contributed by atoms with van der Waals surface area (Å²) in [6.07, 6.45) is 32.5. The molecule has 0 saturated carbocycles. The van der Waals surface area contributed by atoms with Crippen molar-refractivity contribution in [2.24, 2.45) is 11.8 Å². The van der Waals surface area contributed by atoms with Crippen molar-refractivity contribution in [3.8, 4) is 0 Å². The fourth-order valence-corrected chi connectivity index (χ4v) is 7.77. The first kappa shape index (κ1) is 54.8. The lowest BCUT2D eigenvalue weighted by Crippen LogP contribution is -2.38. The summed E-state index contributed by atoms with van der Waals surface area (Å²) in [6, 6.07) is 0. The summed E-state index contributed by atoms with van der Waals surface area (Å²) in [5.74, 6) is -0.0592. The lowest BCUT2D eigenvalue weighted by atomic mass is 9.94. The highest BCUT2D eigenvalue weighted by Crippen LogP contribution is 2.22. The fourth-order valence-electron chi connectivity index (χ4n) is 7.77. The van der Waals surface area contributed by atoms with Crippen molar-refractivity contribution < 1.29 is 34.4 Å². The lowest BCUT2D eigenvalue weighted by Gasteiger charge is -2.27. The number of carbonyl (C=O) groups excluding carboxylic acids is 2. The van der Waals surface area contributed by atoms with Crippen LogP contribution >= 0.6 is 0 Å². The van der Waals surface area contributed by atoms with Gasteiger partial charge in [0.2, 0.25) is 0 Å². The van der Waals surface area contributed by atoms with Crippen molar-refractivity contribution in [2.45, 2.75) is 245 Å². The van der Waals surface area contributed by atoms with Crippen LogP contribution in [-0.4, -0.2) is 83.8 Å². The van der Waals surface area contributed by atoms with Crippen molar-refractivity contribution in [3.05, 3.63) is 0 Å². The highest BCUT2D eigenvalue weighted by atomic mass is 16.5. The van der Waals surface area contributed by atoms with Crippen molar-refractivity contribution in [2.75, 3.05) is 39.5 Å². The number of ether oxygens (including phenoxy) is 2. The molecule has 0 radical (unpaired) electrons. The molecule has 0 fully saturated rings. The number of hydrogen-bond acceptors (Lipinski definition) is 8. The second kappa shape index (κ2) is 41.9. The molecule has 0 aromatic rings. The van der Waals surface area contributed by atoms with E-state index in [4.69, 9.17) is 9.47 Å². The summed E-state index contributed by atoms with van der Waals surface area (Å²) in [7, 11) is 0. The molecule has 8 nitrogen and oxygen atoms in total. The SMILES string of the molecule is CCCCCCCCC(CCCCCC)C(=O)OCCCC[C@@H](O)CN(CCCCO)C[C@@H](O)CCCCOC(=O)C(CCCCCC)CCCCCCCC. The number of unbranched alkanes of at least 4 members (excludes halogenated alkanes) is 19. The zero-order valence-electron chi connectivity index (χ0n) is 37.6. The van der Waals surface area contributed by atoms with E-state index in [1.807, 2.05) is 0 Å². The van der Waals surface area contributed by atoms with Crippen LogP contribution in [-0.2, 0) is 19.1 Å². The van der Waals surface area contributed by atoms with Gasteiger partial charge in [-0.2, -0.15) is 0 Å². The van der Waals surface area contributed by atoms with Gasteiger partial charge in [-0.15, -0.1) is 0 Å². The molecule has 0 rings (SSSR count). The van der Waals surface area contributed by atoms with Gasteiger partial charge in [-0.25, -0.2) is 0 Å². The number of nitrogens with zero attached hydrogens (tertiary/aromatic N) is 1. The number of aliphatic hydroxyl groups is 3. The molecule has 0 aliphatic rings. The molecule has 0 saturated heterocycles. The quantitative estimate of drug-likeness (QED) is 0.0412. The average molecular weight is 798 g/mol. The van der Waals surface area contributed by atoms with E-state index >= 15 is 0 Å². The maximum atomic E-state index is 13.0. The summed E-state index contributed by atoms with van der Waals surface area (Å²) < 4.78 is 11.5. The topological polar surface area (TPSA) is 117 Å². The monoisotopic (exact) mass is 798 g/mol. The zero-order valence-corrected chi connectivity index (χ0v) is 37.6. The normalized spacial score (nSPS) is 13.9. The third-order valence-corrected chi connectivity index (χ3v) is 11.5. The Kier molecular flexibility index (Phi) is 41.0. The maximum Gasteiger partial charge on any atom is 0.308 e. The lowest BCUT2D eigenvalue weighted by molar-refractivity contribution is -0.150. The molecule has 3 N–H and O–H groups in total. The molecule has 0 spiro atoms. The third-order valence-electron chi connectivity index (χ3n) is 11.5. The van der Waals surface area contributed by atoms with Crippen LogP contribution in [0.25, 0.3) is 0 Å². The van der Waals surface area contributed by atoms with E-state index in [2.05, 4.69) is 32.6 Å². The Bertz CT molecular complexity index is 780. The Labute approximate surface area is 347 Å². The Morgan fingerprint density at radius 2 is 0.750 bits per heavy atom. The van der Waals surface area contributed by atoms with Gasteiger partial charge in [0, 0.05) is 19.7 Å². The van der Waals surface area contributed by atoms with E-state index in [-0.39, 0.29) is 30.4 Å². The van der Waals surface area contributed by atoms with Gasteiger partial charge in [0.25, 0.3) is 0 Å². The van der Waals surface area contributed by atoms with E-state index in [1.54, 1.807) is 0 Å². The van der Waals surface area contributed by atoms with Crippen LogP contribution in [0.1, 0.15) is 233 Å². The van der Waals surface area contributed by atoms with Gasteiger partial charge in [-0.1, -0.05) is 156 Å². The van der Waals surface area contributed by atoms with Crippen LogP contribution in [0.3, 0.4) is 0 Å². The second-order valence-electron chi connectivity index (χ2n) is 17.0. The minimum absolute atomic E-state index is 0.00900. The van der Waals surface area contributed by atoms with Gasteiger partial charge in [-0.05, 0) is 83.6 Å². The third kappa shape index (κ3) is 34.8.